The molecule has 0 spiro atoms. The summed E-state index contributed by atoms with van der Waals surface area (Å²) in [5.74, 6) is 0.311. The van der Waals surface area contributed by atoms with E-state index >= 15 is 0 Å². The first-order chi connectivity index (χ1) is 7.58. The minimum atomic E-state index is -0.357. The van der Waals surface area contributed by atoms with Crippen molar-refractivity contribution in [3.8, 4) is 0 Å². The van der Waals surface area contributed by atoms with Crippen molar-refractivity contribution >= 4 is 0 Å². The molecule has 1 aliphatic rings. The van der Waals surface area contributed by atoms with Gasteiger partial charge in [-0.15, -0.1) is 0 Å². The van der Waals surface area contributed by atoms with Gasteiger partial charge in [0.15, 0.2) is 0 Å². The summed E-state index contributed by atoms with van der Waals surface area (Å²) >= 11 is 0. The van der Waals surface area contributed by atoms with E-state index in [2.05, 4.69) is 13.8 Å². The highest BCUT2D eigenvalue weighted by Crippen LogP contribution is 2.36. The second-order valence-electron chi connectivity index (χ2n) is 5.22. The molecule has 1 aromatic rings. The second kappa shape index (κ2) is 4.56. The van der Waals surface area contributed by atoms with E-state index in [1.807, 2.05) is 30.3 Å². The van der Waals surface area contributed by atoms with E-state index in [1.54, 1.807) is 0 Å². The summed E-state index contributed by atoms with van der Waals surface area (Å²) in [6.45, 7) is 4.94. The van der Waals surface area contributed by atoms with E-state index in [0.29, 0.717) is 5.92 Å². The van der Waals surface area contributed by atoms with Crippen LogP contribution in [0.3, 0.4) is 0 Å². The Labute approximate surface area is 97.3 Å². The van der Waals surface area contributed by atoms with Crippen molar-refractivity contribution in [3.05, 3.63) is 35.9 Å². The maximum atomic E-state index is 10.3. The lowest BCUT2D eigenvalue weighted by molar-refractivity contribution is -0.0958. The van der Waals surface area contributed by atoms with Gasteiger partial charge in [0.1, 0.15) is 0 Å². The van der Waals surface area contributed by atoms with Crippen LogP contribution in [-0.4, -0.2) is 17.3 Å². The zero-order valence-corrected chi connectivity index (χ0v) is 10.0. The highest BCUT2D eigenvalue weighted by atomic mass is 16.5. The average Bonchev–Trinajstić information content (AvgIpc) is 2.28. The van der Waals surface area contributed by atoms with Crippen LogP contribution in [0.15, 0.2) is 30.3 Å². The minimum absolute atomic E-state index is 0.0985. The largest absolute Gasteiger partial charge is 0.388 e. The molecule has 2 atom stereocenters. The predicted molar refractivity (Wildman–Crippen MR) is 64.2 cm³/mol. The molecular weight excluding hydrogens is 200 g/mol. The summed E-state index contributed by atoms with van der Waals surface area (Å²) in [4.78, 5) is 0. The normalized spacial score (nSPS) is 26.3. The molecule has 2 nitrogen and oxygen atoms in total. The maximum Gasteiger partial charge on any atom is 0.0820 e. The molecule has 1 aromatic carbocycles. The lowest BCUT2D eigenvalue weighted by atomic mass is 9.82. The molecular formula is C14H20O2. The highest BCUT2D eigenvalue weighted by molar-refractivity contribution is 5.18. The molecule has 2 heteroatoms. The Morgan fingerprint density at radius 2 is 2.00 bits per heavy atom. The van der Waals surface area contributed by atoms with Gasteiger partial charge in [-0.05, 0) is 38.2 Å². The standard InChI is InChI=1S/C14H20O2/c1-14(2)10-12(8-9-16-14)13(15)11-6-4-3-5-7-11/h3-7,12-13,15H,8-10H2,1-2H3. The van der Waals surface area contributed by atoms with Crippen LogP contribution in [0.1, 0.15) is 38.4 Å². The second-order valence-corrected chi connectivity index (χ2v) is 5.22. The minimum Gasteiger partial charge on any atom is -0.388 e. The molecule has 0 bridgehead atoms. The molecule has 1 fully saturated rings. The number of hydrogen-bond donors (Lipinski definition) is 1. The van der Waals surface area contributed by atoms with Crippen molar-refractivity contribution in [3.63, 3.8) is 0 Å². The van der Waals surface area contributed by atoms with Gasteiger partial charge in [-0.25, -0.2) is 0 Å². The van der Waals surface area contributed by atoms with Crippen LogP contribution < -0.4 is 0 Å². The molecule has 0 saturated carbocycles. The van der Waals surface area contributed by atoms with Crippen LogP contribution in [0.4, 0.5) is 0 Å². The van der Waals surface area contributed by atoms with Gasteiger partial charge >= 0.3 is 0 Å². The highest BCUT2D eigenvalue weighted by Gasteiger charge is 2.33. The Balaban J connectivity index is 2.08. The fourth-order valence-electron chi connectivity index (χ4n) is 2.47. The Morgan fingerprint density at radius 3 is 2.62 bits per heavy atom. The van der Waals surface area contributed by atoms with Gasteiger partial charge in [-0.3, -0.25) is 0 Å². The topological polar surface area (TPSA) is 29.5 Å². The molecule has 1 heterocycles. The van der Waals surface area contributed by atoms with Gasteiger partial charge in [0.2, 0.25) is 0 Å². The molecule has 1 saturated heterocycles. The Kier molecular flexibility index (Phi) is 3.31. The SMILES string of the molecule is CC1(C)CC(C(O)c2ccccc2)CCO1. The molecule has 0 radical (unpaired) electrons. The van der Waals surface area contributed by atoms with Crippen LogP contribution in [0.5, 0.6) is 0 Å². The Bertz CT molecular complexity index is 332. The van der Waals surface area contributed by atoms with Crippen LogP contribution in [-0.2, 0) is 4.74 Å². The summed E-state index contributed by atoms with van der Waals surface area (Å²) in [6.07, 6.45) is 1.51. The van der Waals surface area contributed by atoms with E-state index in [4.69, 9.17) is 4.74 Å². The molecule has 2 unspecified atom stereocenters. The third-order valence-corrected chi connectivity index (χ3v) is 3.32. The molecule has 88 valence electrons. The first-order valence-corrected chi connectivity index (χ1v) is 5.95. The van der Waals surface area contributed by atoms with Gasteiger partial charge in [0, 0.05) is 6.61 Å². The van der Waals surface area contributed by atoms with Gasteiger partial charge in [-0.2, -0.15) is 0 Å². The third-order valence-electron chi connectivity index (χ3n) is 3.32. The van der Waals surface area contributed by atoms with Crippen molar-refractivity contribution in [1.29, 1.82) is 0 Å². The van der Waals surface area contributed by atoms with Gasteiger partial charge in [0.25, 0.3) is 0 Å². The van der Waals surface area contributed by atoms with Crippen LogP contribution in [0, 0.1) is 5.92 Å². The van der Waals surface area contributed by atoms with Gasteiger partial charge < -0.3 is 9.84 Å². The molecule has 0 aromatic heterocycles. The third kappa shape index (κ3) is 2.63. The molecule has 0 aliphatic carbocycles. The number of aliphatic hydroxyl groups excluding tert-OH is 1. The maximum absolute atomic E-state index is 10.3. The summed E-state index contributed by atoms with van der Waals surface area (Å²) in [6, 6.07) is 9.91. The van der Waals surface area contributed by atoms with Gasteiger partial charge in [0.05, 0.1) is 11.7 Å². The molecule has 1 N–H and O–H groups in total. The summed E-state index contributed by atoms with van der Waals surface area (Å²) < 4.78 is 5.67. The Hall–Kier alpha value is -0.860. The van der Waals surface area contributed by atoms with Gasteiger partial charge in [-0.1, -0.05) is 30.3 Å². The van der Waals surface area contributed by atoms with Crippen LogP contribution in [0.25, 0.3) is 0 Å². The van der Waals surface area contributed by atoms with Crippen LogP contribution in [0.2, 0.25) is 0 Å². The monoisotopic (exact) mass is 220 g/mol. The molecule has 1 aliphatic heterocycles. The summed E-state index contributed by atoms with van der Waals surface area (Å²) in [5, 5.41) is 10.3. The van der Waals surface area contributed by atoms with E-state index < -0.39 is 0 Å². The van der Waals surface area contributed by atoms with E-state index in [0.717, 1.165) is 25.0 Å². The van der Waals surface area contributed by atoms with Crippen LogP contribution >= 0.6 is 0 Å². The molecule has 0 amide bonds. The first kappa shape index (κ1) is 11.6. The number of hydrogen-bond acceptors (Lipinski definition) is 2. The summed E-state index contributed by atoms with van der Waals surface area (Å²) in [5.41, 5.74) is 0.920. The predicted octanol–water partition coefficient (Wildman–Crippen LogP) is 2.93. The first-order valence-electron chi connectivity index (χ1n) is 5.95. The van der Waals surface area contributed by atoms with E-state index in [-0.39, 0.29) is 11.7 Å². The zero-order valence-electron chi connectivity index (χ0n) is 10.0. The van der Waals surface area contributed by atoms with Crippen molar-refractivity contribution in [2.24, 2.45) is 5.92 Å². The number of ether oxygens (including phenoxy) is 1. The smallest absolute Gasteiger partial charge is 0.0820 e. The number of rotatable bonds is 2. The fourth-order valence-corrected chi connectivity index (χ4v) is 2.47. The van der Waals surface area contributed by atoms with E-state index in [9.17, 15) is 5.11 Å². The van der Waals surface area contributed by atoms with E-state index in [1.165, 1.54) is 0 Å². The lowest BCUT2D eigenvalue weighted by Gasteiger charge is -2.37. The average molecular weight is 220 g/mol. The van der Waals surface area contributed by atoms with Crippen molar-refractivity contribution in [2.75, 3.05) is 6.61 Å². The molecule has 16 heavy (non-hydrogen) atoms. The lowest BCUT2D eigenvalue weighted by Crippen LogP contribution is -2.36. The van der Waals surface area contributed by atoms with Crippen molar-refractivity contribution in [2.45, 2.75) is 38.4 Å². The van der Waals surface area contributed by atoms with Crippen molar-refractivity contribution < 1.29 is 9.84 Å². The zero-order chi connectivity index (χ0) is 11.6. The van der Waals surface area contributed by atoms with Crippen molar-refractivity contribution in [1.82, 2.24) is 0 Å². The fraction of sp³-hybridized carbons (Fsp3) is 0.571. The summed E-state index contributed by atoms with van der Waals surface area (Å²) in [7, 11) is 0. The quantitative estimate of drug-likeness (QED) is 0.830. The molecule has 2 rings (SSSR count). The Morgan fingerprint density at radius 1 is 1.31 bits per heavy atom. The number of aliphatic hydroxyl groups is 1. The number of benzene rings is 1.